The van der Waals surface area contributed by atoms with Crippen molar-refractivity contribution < 1.29 is 18.0 Å². The summed E-state index contributed by atoms with van der Waals surface area (Å²) in [6.07, 6.45) is 0. The molecule has 31 heavy (non-hydrogen) atoms. The van der Waals surface area contributed by atoms with Crippen molar-refractivity contribution >= 4 is 21.8 Å². The Morgan fingerprint density at radius 3 is 1.77 bits per heavy atom. The zero-order valence-corrected chi connectivity index (χ0v) is 19.8. The van der Waals surface area contributed by atoms with Crippen LogP contribution in [0.2, 0.25) is 0 Å². The molecule has 2 aromatic rings. The molecule has 0 bridgehead atoms. The van der Waals surface area contributed by atoms with Gasteiger partial charge in [-0.2, -0.15) is 4.31 Å². The Hall–Kier alpha value is -2.71. The predicted molar refractivity (Wildman–Crippen MR) is 121 cm³/mol. The van der Waals surface area contributed by atoms with Gasteiger partial charge in [-0.1, -0.05) is 12.1 Å². The monoisotopic (exact) mass is 445 g/mol. The van der Waals surface area contributed by atoms with Crippen LogP contribution in [0.15, 0.2) is 53.4 Å². The largest absolute Gasteiger partial charge is 0.345 e. The minimum atomic E-state index is -3.59. The lowest BCUT2D eigenvalue weighted by Crippen LogP contribution is -2.33. The third-order valence-corrected chi connectivity index (χ3v) is 7.20. The Morgan fingerprint density at radius 2 is 1.32 bits per heavy atom. The van der Waals surface area contributed by atoms with Crippen LogP contribution in [-0.4, -0.2) is 68.1 Å². The van der Waals surface area contributed by atoms with E-state index >= 15 is 0 Å². The van der Waals surface area contributed by atoms with Crippen molar-refractivity contribution in [1.29, 1.82) is 0 Å². The number of nitrogens with zero attached hydrogens (tertiary/aromatic N) is 3. The summed E-state index contributed by atoms with van der Waals surface area (Å²) >= 11 is 0. The number of hydrogen-bond acceptors (Lipinski definition) is 4. The maximum atomic E-state index is 13.0. The van der Waals surface area contributed by atoms with E-state index in [2.05, 4.69) is 0 Å². The standard InChI is InChI=1S/C23H31N3O4S/c1-7-26(16-18-8-10-19(11-9-18)22(27)24(4)5)23(28)20-12-14-21(15-13-20)31(29,30)25(6)17(2)3/h8-15,17H,7,16H2,1-6H3. The fraction of sp³-hybridized carbons (Fsp3) is 0.391. The number of carbonyl (C=O) groups is 2. The molecule has 0 saturated carbocycles. The second-order valence-electron chi connectivity index (χ2n) is 7.86. The molecule has 0 unspecified atom stereocenters. The van der Waals surface area contributed by atoms with E-state index in [0.717, 1.165) is 5.56 Å². The summed E-state index contributed by atoms with van der Waals surface area (Å²) in [4.78, 5) is 28.3. The Kier molecular flexibility index (Phi) is 7.97. The van der Waals surface area contributed by atoms with Crippen LogP contribution in [-0.2, 0) is 16.6 Å². The Bertz CT molecular complexity index is 1010. The molecule has 0 heterocycles. The molecule has 8 heteroatoms. The van der Waals surface area contributed by atoms with Crippen LogP contribution in [0.4, 0.5) is 0 Å². The molecule has 0 N–H and O–H groups in total. The average Bonchev–Trinajstić information content (AvgIpc) is 2.76. The first-order chi connectivity index (χ1) is 14.5. The maximum Gasteiger partial charge on any atom is 0.254 e. The lowest BCUT2D eigenvalue weighted by Gasteiger charge is -2.22. The van der Waals surface area contributed by atoms with Crippen molar-refractivity contribution in [2.75, 3.05) is 27.7 Å². The van der Waals surface area contributed by atoms with Crippen molar-refractivity contribution in [2.45, 2.75) is 38.3 Å². The van der Waals surface area contributed by atoms with Crippen molar-refractivity contribution in [3.05, 3.63) is 65.2 Å². The van der Waals surface area contributed by atoms with E-state index in [1.807, 2.05) is 19.1 Å². The van der Waals surface area contributed by atoms with Gasteiger partial charge in [0.1, 0.15) is 0 Å². The van der Waals surface area contributed by atoms with E-state index in [1.165, 1.54) is 28.4 Å². The molecule has 0 radical (unpaired) electrons. The molecule has 0 fully saturated rings. The molecule has 0 aliphatic carbocycles. The van der Waals surface area contributed by atoms with Gasteiger partial charge in [0.15, 0.2) is 0 Å². The third kappa shape index (κ3) is 5.71. The first-order valence-electron chi connectivity index (χ1n) is 10.2. The molecular formula is C23H31N3O4S. The van der Waals surface area contributed by atoms with E-state index in [1.54, 1.807) is 57.1 Å². The molecule has 0 aromatic heterocycles. The van der Waals surface area contributed by atoms with Gasteiger partial charge in [0.25, 0.3) is 11.8 Å². The van der Waals surface area contributed by atoms with Gasteiger partial charge in [-0.05, 0) is 62.7 Å². The van der Waals surface area contributed by atoms with Gasteiger partial charge in [-0.25, -0.2) is 8.42 Å². The number of rotatable bonds is 8. The van der Waals surface area contributed by atoms with E-state index in [-0.39, 0.29) is 22.8 Å². The molecule has 7 nitrogen and oxygen atoms in total. The van der Waals surface area contributed by atoms with Gasteiger partial charge < -0.3 is 9.80 Å². The summed E-state index contributed by atoms with van der Waals surface area (Å²) < 4.78 is 26.5. The minimum Gasteiger partial charge on any atom is -0.345 e. The van der Waals surface area contributed by atoms with Gasteiger partial charge in [-0.15, -0.1) is 0 Å². The molecule has 2 amide bonds. The summed E-state index contributed by atoms with van der Waals surface area (Å²) in [5.74, 6) is -0.259. The summed E-state index contributed by atoms with van der Waals surface area (Å²) in [5, 5.41) is 0. The fourth-order valence-electron chi connectivity index (χ4n) is 2.95. The molecule has 0 aliphatic heterocycles. The van der Waals surface area contributed by atoms with Crippen molar-refractivity contribution in [3.63, 3.8) is 0 Å². The Labute approximate surface area is 185 Å². The average molecular weight is 446 g/mol. The molecule has 168 valence electrons. The van der Waals surface area contributed by atoms with Crippen LogP contribution in [0.5, 0.6) is 0 Å². The van der Waals surface area contributed by atoms with E-state index in [4.69, 9.17) is 0 Å². The lowest BCUT2D eigenvalue weighted by molar-refractivity contribution is 0.0751. The van der Waals surface area contributed by atoms with Crippen LogP contribution >= 0.6 is 0 Å². The highest BCUT2D eigenvalue weighted by Gasteiger charge is 2.24. The highest BCUT2D eigenvalue weighted by atomic mass is 32.2. The molecule has 0 saturated heterocycles. The molecule has 0 spiro atoms. The number of carbonyl (C=O) groups excluding carboxylic acids is 2. The summed E-state index contributed by atoms with van der Waals surface area (Å²) in [6, 6.07) is 13.0. The third-order valence-electron chi connectivity index (χ3n) is 5.15. The van der Waals surface area contributed by atoms with Gasteiger partial charge in [0.05, 0.1) is 4.90 Å². The molecule has 2 aromatic carbocycles. The summed E-state index contributed by atoms with van der Waals surface area (Å²) in [7, 11) is 1.34. The lowest BCUT2D eigenvalue weighted by atomic mass is 10.1. The van der Waals surface area contributed by atoms with Crippen LogP contribution in [0.1, 0.15) is 47.1 Å². The predicted octanol–water partition coefficient (Wildman–Crippen LogP) is 3.08. The van der Waals surface area contributed by atoms with E-state index < -0.39 is 10.0 Å². The zero-order chi connectivity index (χ0) is 23.3. The maximum absolute atomic E-state index is 13.0. The second kappa shape index (κ2) is 10.1. The fourth-order valence-corrected chi connectivity index (χ4v) is 4.32. The number of benzene rings is 2. The quantitative estimate of drug-likeness (QED) is 0.626. The highest BCUT2D eigenvalue weighted by Crippen LogP contribution is 2.19. The Morgan fingerprint density at radius 1 is 0.839 bits per heavy atom. The number of amides is 2. The van der Waals surface area contributed by atoms with Crippen LogP contribution in [0, 0.1) is 0 Å². The van der Waals surface area contributed by atoms with Crippen LogP contribution in [0.25, 0.3) is 0 Å². The number of sulfonamides is 1. The van der Waals surface area contributed by atoms with E-state index in [0.29, 0.717) is 24.2 Å². The second-order valence-corrected chi connectivity index (χ2v) is 9.85. The van der Waals surface area contributed by atoms with Gasteiger partial charge >= 0.3 is 0 Å². The van der Waals surface area contributed by atoms with Crippen molar-refractivity contribution in [2.24, 2.45) is 0 Å². The van der Waals surface area contributed by atoms with Crippen LogP contribution in [0.3, 0.4) is 0 Å². The van der Waals surface area contributed by atoms with Crippen molar-refractivity contribution in [3.8, 4) is 0 Å². The summed E-state index contributed by atoms with van der Waals surface area (Å²) in [5.41, 5.74) is 1.92. The normalized spacial score (nSPS) is 11.6. The topological polar surface area (TPSA) is 78.0 Å². The molecular weight excluding hydrogens is 414 g/mol. The first kappa shape index (κ1) is 24.6. The SMILES string of the molecule is CCN(Cc1ccc(C(=O)N(C)C)cc1)C(=O)c1ccc(S(=O)(=O)N(C)C(C)C)cc1. The highest BCUT2D eigenvalue weighted by molar-refractivity contribution is 7.89. The summed E-state index contributed by atoms with van der Waals surface area (Å²) in [6.45, 7) is 6.38. The minimum absolute atomic E-state index is 0.0758. The van der Waals surface area contributed by atoms with E-state index in [9.17, 15) is 18.0 Å². The zero-order valence-electron chi connectivity index (χ0n) is 19.0. The van der Waals surface area contributed by atoms with Gasteiger partial charge in [-0.3, -0.25) is 9.59 Å². The van der Waals surface area contributed by atoms with Crippen LogP contribution < -0.4 is 0 Å². The molecule has 0 atom stereocenters. The Balaban J connectivity index is 2.16. The smallest absolute Gasteiger partial charge is 0.254 e. The van der Waals surface area contributed by atoms with Gasteiger partial charge in [0, 0.05) is 51.4 Å². The molecule has 0 aliphatic rings. The van der Waals surface area contributed by atoms with Crippen molar-refractivity contribution in [1.82, 2.24) is 14.1 Å². The number of hydrogen-bond donors (Lipinski definition) is 0. The first-order valence-corrected chi connectivity index (χ1v) is 11.6. The molecule has 2 rings (SSSR count). The van der Waals surface area contributed by atoms with Gasteiger partial charge in [0.2, 0.25) is 10.0 Å².